The van der Waals surface area contributed by atoms with Crippen molar-refractivity contribution in [2.45, 2.75) is 18.9 Å². The molecule has 0 atom stereocenters. The van der Waals surface area contributed by atoms with Crippen LogP contribution < -0.4 is 21.2 Å². The van der Waals surface area contributed by atoms with Crippen LogP contribution in [0.25, 0.3) is 11.3 Å². The minimum absolute atomic E-state index is 0.224. The van der Waals surface area contributed by atoms with E-state index in [2.05, 4.69) is 26.7 Å². The number of nitrogens with zero attached hydrogens (tertiary/aromatic N) is 2. The van der Waals surface area contributed by atoms with Crippen LogP contribution in [0.2, 0.25) is 5.02 Å². The van der Waals surface area contributed by atoms with Gasteiger partial charge in [0.25, 0.3) is 5.91 Å². The van der Waals surface area contributed by atoms with Crippen molar-refractivity contribution >= 4 is 40.1 Å². The number of fused-ring (bicyclic) bond motifs is 1. The fraction of sp³-hybridized carbons (Fsp3) is 0.208. The molecule has 1 amide bonds. The zero-order valence-electron chi connectivity index (χ0n) is 16.8. The van der Waals surface area contributed by atoms with Crippen LogP contribution in [0.15, 0.2) is 65.1 Å². The highest BCUT2D eigenvalue weighted by molar-refractivity contribution is 7.10. The van der Waals surface area contributed by atoms with E-state index in [0.717, 1.165) is 58.6 Å². The summed E-state index contributed by atoms with van der Waals surface area (Å²) >= 11 is 7.72. The van der Waals surface area contributed by atoms with E-state index in [9.17, 15) is 4.79 Å². The van der Waals surface area contributed by atoms with Gasteiger partial charge in [0.15, 0.2) is 0 Å². The van der Waals surface area contributed by atoms with E-state index < -0.39 is 0 Å². The average molecular weight is 449 g/mol. The highest BCUT2D eigenvalue weighted by Gasteiger charge is 2.19. The summed E-state index contributed by atoms with van der Waals surface area (Å²) in [5.41, 5.74) is 3.87. The number of amides is 1. The van der Waals surface area contributed by atoms with Gasteiger partial charge in [-0.15, -0.1) is 11.3 Å². The fourth-order valence-electron chi connectivity index (χ4n) is 4.04. The molecule has 3 heterocycles. The van der Waals surface area contributed by atoms with Gasteiger partial charge in [0.2, 0.25) is 0 Å². The van der Waals surface area contributed by atoms with E-state index >= 15 is 0 Å². The monoisotopic (exact) mass is 448 g/mol. The highest BCUT2D eigenvalue weighted by Crippen LogP contribution is 2.24. The zero-order valence-corrected chi connectivity index (χ0v) is 18.3. The smallest absolute Gasteiger partial charge is 0.272 e. The Bertz CT molecular complexity index is 1260. The molecular weight excluding hydrogens is 428 g/mol. The van der Waals surface area contributed by atoms with Gasteiger partial charge in [-0.1, -0.05) is 29.8 Å². The third kappa shape index (κ3) is 4.32. The predicted molar refractivity (Wildman–Crippen MR) is 124 cm³/mol. The Morgan fingerprint density at radius 2 is 1.94 bits per heavy atom. The molecule has 0 spiro atoms. The first-order valence-corrected chi connectivity index (χ1v) is 11.6. The number of hydrogen-bond donors (Lipinski definition) is 2. The molecule has 2 aliphatic heterocycles. The number of carbonyl (C=O) groups excluding carboxylic acids is 1. The van der Waals surface area contributed by atoms with Gasteiger partial charge >= 0.3 is 0 Å². The molecule has 5 nitrogen and oxygen atoms in total. The van der Waals surface area contributed by atoms with Crippen molar-refractivity contribution in [3.05, 3.63) is 91.9 Å². The molecule has 1 saturated heterocycles. The molecule has 7 heteroatoms. The van der Waals surface area contributed by atoms with Crippen molar-refractivity contribution < 1.29 is 4.79 Å². The van der Waals surface area contributed by atoms with Gasteiger partial charge in [-0.25, -0.2) is 9.98 Å². The zero-order chi connectivity index (χ0) is 21.2. The summed E-state index contributed by atoms with van der Waals surface area (Å²) in [6.45, 7) is 1.96. The van der Waals surface area contributed by atoms with Crippen LogP contribution in [-0.2, 0) is 4.79 Å². The Balaban J connectivity index is 1.66. The van der Waals surface area contributed by atoms with Crippen LogP contribution in [0, 0.1) is 0 Å². The molecule has 0 aliphatic carbocycles. The van der Waals surface area contributed by atoms with Crippen LogP contribution in [0.3, 0.4) is 0 Å². The van der Waals surface area contributed by atoms with Crippen molar-refractivity contribution in [2.75, 3.05) is 13.1 Å². The van der Waals surface area contributed by atoms with Crippen molar-refractivity contribution in [3.8, 4) is 0 Å². The van der Waals surface area contributed by atoms with Gasteiger partial charge in [0.1, 0.15) is 5.01 Å². The quantitative estimate of drug-likeness (QED) is 0.644. The van der Waals surface area contributed by atoms with E-state index in [1.807, 2.05) is 48.0 Å². The van der Waals surface area contributed by atoms with Gasteiger partial charge < -0.3 is 10.6 Å². The van der Waals surface area contributed by atoms with Crippen molar-refractivity contribution in [1.29, 1.82) is 0 Å². The minimum atomic E-state index is -0.224. The number of benzene rings is 2. The minimum Gasteiger partial charge on any atom is -0.382 e. The van der Waals surface area contributed by atoms with E-state index in [1.165, 1.54) is 0 Å². The lowest BCUT2D eigenvalue weighted by atomic mass is 9.99. The topological polar surface area (TPSA) is 66.4 Å². The lowest BCUT2D eigenvalue weighted by Gasteiger charge is -2.26. The first kappa shape index (κ1) is 20.1. The Hall–Kier alpha value is -2.80. The number of aromatic nitrogens is 1. The van der Waals surface area contributed by atoms with E-state index in [-0.39, 0.29) is 5.91 Å². The molecule has 5 rings (SSSR count). The second kappa shape index (κ2) is 8.75. The fourth-order valence-corrected chi connectivity index (χ4v) is 4.89. The summed E-state index contributed by atoms with van der Waals surface area (Å²) in [6.07, 6.45) is 5.48. The number of carbonyl (C=O) groups is 1. The summed E-state index contributed by atoms with van der Waals surface area (Å²) in [7, 11) is 0. The average Bonchev–Trinajstić information content (AvgIpc) is 3.30. The van der Waals surface area contributed by atoms with Crippen LogP contribution in [-0.4, -0.2) is 30.0 Å². The van der Waals surface area contributed by atoms with Gasteiger partial charge in [0, 0.05) is 45.6 Å². The molecule has 1 fully saturated rings. The summed E-state index contributed by atoms with van der Waals surface area (Å²) in [6, 6.07) is 14.2. The molecule has 0 saturated carbocycles. The van der Waals surface area contributed by atoms with Gasteiger partial charge in [-0.3, -0.25) is 4.79 Å². The maximum Gasteiger partial charge on any atom is 0.272 e. The summed E-state index contributed by atoms with van der Waals surface area (Å²) in [4.78, 5) is 21.0. The standard InChI is InChI=1S/C24H21ClN4OS/c25-17-4-1-15(2-5-17)23(24-27-11-12-31-24)16-3-6-20-19(13-16)21(14-22(30)29-20)28-18-7-9-26-10-8-18/h1-6,11-14,18,26,28H,7-10H2/b23-16-. The van der Waals surface area contributed by atoms with Crippen LogP contribution in [0.1, 0.15) is 29.0 Å². The maximum absolute atomic E-state index is 12.2. The molecule has 0 radical (unpaired) electrons. The third-order valence-electron chi connectivity index (χ3n) is 5.55. The number of piperidine rings is 1. The van der Waals surface area contributed by atoms with E-state index in [4.69, 9.17) is 11.6 Å². The van der Waals surface area contributed by atoms with E-state index in [0.29, 0.717) is 16.4 Å². The lowest BCUT2D eigenvalue weighted by Crippen LogP contribution is -2.40. The molecule has 3 aromatic rings. The van der Waals surface area contributed by atoms with E-state index in [1.54, 1.807) is 17.4 Å². The first-order valence-electron chi connectivity index (χ1n) is 10.3. The second-order valence-electron chi connectivity index (χ2n) is 7.63. The molecule has 0 unspecified atom stereocenters. The normalized spacial score (nSPS) is 17.5. The number of thiazole rings is 1. The van der Waals surface area contributed by atoms with Crippen LogP contribution >= 0.6 is 22.9 Å². The van der Waals surface area contributed by atoms with Gasteiger partial charge in [0.05, 0.1) is 5.36 Å². The number of hydrogen-bond acceptors (Lipinski definition) is 5. The molecule has 1 aromatic heterocycles. The van der Waals surface area contributed by atoms with Gasteiger partial charge in [-0.05, 0) is 61.0 Å². The molecule has 2 aromatic carbocycles. The number of rotatable bonds is 4. The number of nitrogens with one attached hydrogen (secondary N) is 2. The van der Waals surface area contributed by atoms with Crippen molar-refractivity contribution in [1.82, 2.24) is 15.6 Å². The maximum atomic E-state index is 12.2. The molecule has 31 heavy (non-hydrogen) atoms. The molecule has 0 bridgehead atoms. The molecule has 2 aliphatic rings. The SMILES string of the molecule is O=C1C=C(NC2CCNCC2)c2c/c(=C(/c3ccc(Cl)cc3)c3nccs3)ccc2=N1. The first-order chi connectivity index (χ1) is 15.2. The Kier molecular flexibility index (Phi) is 5.68. The summed E-state index contributed by atoms with van der Waals surface area (Å²) < 4.78 is 0. The highest BCUT2D eigenvalue weighted by atomic mass is 35.5. The predicted octanol–water partition coefficient (Wildman–Crippen LogP) is 2.89. The summed E-state index contributed by atoms with van der Waals surface area (Å²) in [5, 5.41) is 12.3. The Labute approximate surface area is 189 Å². The molecule has 156 valence electrons. The largest absolute Gasteiger partial charge is 0.382 e. The third-order valence-corrected chi connectivity index (χ3v) is 6.59. The Morgan fingerprint density at radius 1 is 1.13 bits per heavy atom. The van der Waals surface area contributed by atoms with Gasteiger partial charge in [-0.2, -0.15) is 0 Å². The van der Waals surface area contributed by atoms with Crippen molar-refractivity contribution in [3.63, 3.8) is 0 Å². The lowest BCUT2D eigenvalue weighted by molar-refractivity contribution is -0.113. The summed E-state index contributed by atoms with van der Waals surface area (Å²) in [5.74, 6) is -0.224. The second-order valence-corrected chi connectivity index (χ2v) is 8.96. The molecule has 2 N–H and O–H groups in total. The van der Waals surface area contributed by atoms with Crippen LogP contribution in [0.4, 0.5) is 0 Å². The van der Waals surface area contributed by atoms with Crippen molar-refractivity contribution in [2.24, 2.45) is 4.99 Å². The van der Waals surface area contributed by atoms with Crippen LogP contribution in [0.5, 0.6) is 0 Å². The molecular formula is C24H21ClN4OS. The number of halogens is 1. The Morgan fingerprint density at radius 3 is 2.68 bits per heavy atom.